The molecule has 3 heterocycles. The summed E-state index contributed by atoms with van der Waals surface area (Å²) in [7, 11) is 3.59. The third-order valence-corrected chi connectivity index (χ3v) is 7.28. The summed E-state index contributed by atoms with van der Waals surface area (Å²) >= 11 is 6.32. The molecule has 1 fully saturated rings. The molecule has 39 heavy (non-hydrogen) atoms. The molecule has 1 unspecified atom stereocenters. The number of benzene rings is 3. The van der Waals surface area contributed by atoms with Crippen LogP contribution in [0.5, 0.6) is 11.5 Å². The Bertz CT molecular complexity index is 1720. The molecule has 0 bridgehead atoms. The average Bonchev–Trinajstić information content (AvgIpc) is 3.46. The standard InChI is InChI=1S/C30H26ClN5O3/c1-35(25-16-28-34-33-18-36(28)26-15-22(31)9-10-24(25)26)23-7-5-6-19(13-23)20-12-21(17-32)30(27(14-20)37-2)39-29-8-3-4-11-38-29/h5-7,9-10,12-16,18,29H,3-4,8,11H2,1-2H3. The first-order valence-corrected chi connectivity index (χ1v) is 13.1. The van der Waals surface area contributed by atoms with E-state index in [1.54, 1.807) is 13.4 Å². The average molecular weight is 540 g/mol. The lowest BCUT2D eigenvalue weighted by molar-refractivity contribution is -0.106. The number of anilines is 2. The Kier molecular flexibility index (Phi) is 6.69. The van der Waals surface area contributed by atoms with Crippen molar-refractivity contribution < 1.29 is 14.2 Å². The molecule has 0 N–H and O–H groups in total. The van der Waals surface area contributed by atoms with E-state index in [0.29, 0.717) is 28.7 Å². The van der Waals surface area contributed by atoms with Crippen LogP contribution in [0.2, 0.25) is 5.02 Å². The third kappa shape index (κ3) is 4.71. The minimum atomic E-state index is -0.380. The Morgan fingerprint density at radius 2 is 2.00 bits per heavy atom. The van der Waals surface area contributed by atoms with Crippen molar-refractivity contribution in [3.8, 4) is 28.7 Å². The van der Waals surface area contributed by atoms with Gasteiger partial charge in [0.1, 0.15) is 12.4 Å². The maximum absolute atomic E-state index is 9.96. The zero-order valence-corrected chi connectivity index (χ0v) is 22.4. The number of aromatic nitrogens is 3. The number of hydrogen-bond acceptors (Lipinski definition) is 7. The van der Waals surface area contributed by atoms with Crippen LogP contribution in [-0.2, 0) is 4.74 Å². The summed E-state index contributed by atoms with van der Waals surface area (Å²) in [5.41, 5.74) is 5.75. The molecule has 0 saturated carbocycles. The van der Waals surface area contributed by atoms with Crippen molar-refractivity contribution in [1.82, 2.24) is 14.6 Å². The number of rotatable bonds is 6. The number of nitrogens with zero attached hydrogens (tertiary/aromatic N) is 5. The van der Waals surface area contributed by atoms with Gasteiger partial charge in [-0.25, -0.2) is 0 Å². The first-order chi connectivity index (χ1) is 19.1. The van der Waals surface area contributed by atoms with E-state index in [1.807, 2.05) is 66.0 Å². The zero-order chi connectivity index (χ0) is 26.9. The SMILES string of the molecule is COc1cc(-c2cccc(N(C)c3cc4nncn4c4cc(Cl)ccc34)c2)cc(C#N)c1OC1CCCCO1. The lowest BCUT2D eigenvalue weighted by atomic mass is 10.0. The second kappa shape index (κ2) is 10.4. The van der Waals surface area contributed by atoms with Gasteiger partial charge < -0.3 is 19.1 Å². The maximum Gasteiger partial charge on any atom is 0.200 e. The normalized spacial score (nSPS) is 15.3. The molecular formula is C30H26ClN5O3. The second-order valence-corrected chi connectivity index (χ2v) is 9.88. The quantitative estimate of drug-likeness (QED) is 0.236. The number of fused-ring (bicyclic) bond motifs is 3. The molecule has 1 saturated heterocycles. The molecule has 3 aromatic carbocycles. The first-order valence-electron chi connectivity index (χ1n) is 12.7. The van der Waals surface area contributed by atoms with Crippen molar-refractivity contribution in [2.75, 3.05) is 25.7 Å². The van der Waals surface area contributed by atoms with Crippen molar-refractivity contribution in [2.45, 2.75) is 25.6 Å². The summed E-state index contributed by atoms with van der Waals surface area (Å²) in [5.74, 6) is 0.910. The van der Waals surface area contributed by atoms with Crippen LogP contribution in [0.15, 0.2) is 67.0 Å². The highest BCUT2D eigenvalue weighted by molar-refractivity contribution is 6.31. The number of methoxy groups -OCH3 is 1. The summed E-state index contributed by atoms with van der Waals surface area (Å²) < 4.78 is 19.4. The van der Waals surface area contributed by atoms with Crippen LogP contribution in [0.4, 0.5) is 11.4 Å². The Morgan fingerprint density at radius 1 is 1.10 bits per heavy atom. The van der Waals surface area contributed by atoms with Gasteiger partial charge in [0.05, 0.1) is 30.5 Å². The molecular weight excluding hydrogens is 514 g/mol. The van der Waals surface area contributed by atoms with Crippen LogP contribution in [0.3, 0.4) is 0 Å². The highest BCUT2D eigenvalue weighted by Gasteiger charge is 2.22. The molecule has 0 aliphatic carbocycles. The van der Waals surface area contributed by atoms with E-state index >= 15 is 0 Å². The Hall–Kier alpha value is -4.32. The number of halogens is 1. The molecule has 5 aromatic rings. The van der Waals surface area contributed by atoms with E-state index in [1.165, 1.54) is 0 Å². The van der Waals surface area contributed by atoms with Gasteiger partial charge in [-0.3, -0.25) is 4.40 Å². The lowest BCUT2D eigenvalue weighted by Crippen LogP contribution is -2.25. The molecule has 196 valence electrons. The number of hydrogen-bond donors (Lipinski definition) is 0. The summed E-state index contributed by atoms with van der Waals surface area (Å²) in [4.78, 5) is 2.11. The fourth-order valence-corrected chi connectivity index (χ4v) is 5.19. The minimum Gasteiger partial charge on any atom is -0.493 e. The van der Waals surface area contributed by atoms with Crippen molar-refractivity contribution in [2.24, 2.45) is 0 Å². The summed E-state index contributed by atoms with van der Waals surface area (Å²) in [6, 6.07) is 21.9. The van der Waals surface area contributed by atoms with Gasteiger partial charge in [0.2, 0.25) is 0 Å². The lowest BCUT2D eigenvalue weighted by Gasteiger charge is -2.25. The molecule has 6 rings (SSSR count). The van der Waals surface area contributed by atoms with Gasteiger partial charge in [-0.2, -0.15) is 5.26 Å². The Balaban J connectivity index is 1.39. The fourth-order valence-electron chi connectivity index (χ4n) is 5.02. The number of nitriles is 1. The monoisotopic (exact) mass is 539 g/mol. The number of pyridine rings is 1. The van der Waals surface area contributed by atoms with E-state index in [0.717, 1.165) is 58.3 Å². The van der Waals surface area contributed by atoms with E-state index in [9.17, 15) is 5.26 Å². The zero-order valence-electron chi connectivity index (χ0n) is 21.6. The van der Waals surface area contributed by atoms with E-state index in [2.05, 4.69) is 27.2 Å². The van der Waals surface area contributed by atoms with Crippen molar-refractivity contribution in [3.63, 3.8) is 0 Å². The van der Waals surface area contributed by atoms with Crippen molar-refractivity contribution in [1.29, 1.82) is 5.26 Å². The Labute approximate surface area is 230 Å². The highest BCUT2D eigenvalue weighted by Crippen LogP contribution is 2.40. The molecule has 0 amide bonds. The maximum atomic E-state index is 9.96. The summed E-state index contributed by atoms with van der Waals surface area (Å²) in [6.45, 7) is 0.652. The van der Waals surface area contributed by atoms with Crippen LogP contribution < -0.4 is 14.4 Å². The highest BCUT2D eigenvalue weighted by atomic mass is 35.5. The van der Waals surface area contributed by atoms with Gasteiger partial charge in [-0.05, 0) is 66.4 Å². The largest absolute Gasteiger partial charge is 0.493 e. The predicted octanol–water partition coefficient (Wildman–Crippen LogP) is 6.76. The molecule has 8 nitrogen and oxygen atoms in total. The first kappa shape index (κ1) is 25.0. The molecule has 2 aromatic heterocycles. The molecule has 0 radical (unpaired) electrons. The molecule has 1 aliphatic rings. The topological polar surface area (TPSA) is 84.9 Å². The smallest absolute Gasteiger partial charge is 0.200 e. The van der Waals surface area contributed by atoms with Gasteiger partial charge in [0.25, 0.3) is 0 Å². The summed E-state index contributed by atoms with van der Waals surface area (Å²) in [6.07, 6.45) is 4.13. The molecule has 1 atom stereocenters. The van der Waals surface area contributed by atoms with Crippen LogP contribution in [0.25, 0.3) is 27.7 Å². The molecule has 9 heteroatoms. The minimum absolute atomic E-state index is 0.380. The van der Waals surface area contributed by atoms with E-state index < -0.39 is 0 Å². The third-order valence-electron chi connectivity index (χ3n) is 7.05. The van der Waals surface area contributed by atoms with Crippen molar-refractivity contribution in [3.05, 3.63) is 77.6 Å². The van der Waals surface area contributed by atoms with E-state index in [-0.39, 0.29) is 6.29 Å². The van der Waals surface area contributed by atoms with Gasteiger partial charge in [0.15, 0.2) is 23.4 Å². The fraction of sp³-hybridized carbons (Fsp3) is 0.233. The van der Waals surface area contributed by atoms with Gasteiger partial charge >= 0.3 is 0 Å². The van der Waals surface area contributed by atoms with Crippen LogP contribution in [0, 0.1) is 11.3 Å². The predicted molar refractivity (Wildman–Crippen MR) is 151 cm³/mol. The molecule has 1 aliphatic heterocycles. The van der Waals surface area contributed by atoms with Crippen molar-refractivity contribution >= 4 is 39.5 Å². The van der Waals surface area contributed by atoms with Crippen LogP contribution in [-0.4, -0.2) is 41.7 Å². The van der Waals surface area contributed by atoms with Gasteiger partial charge in [0, 0.05) is 35.6 Å². The van der Waals surface area contributed by atoms with Crippen LogP contribution in [0.1, 0.15) is 24.8 Å². The molecule has 0 spiro atoms. The van der Waals surface area contributed by atoms with Gasteiger partial charge in [-0.15, -0.1) is 10.2 Å². The van der Waals surface area contributed by atoms with E-state index in [4.69, 9.17) is 25.8 Å². The summed E-state index contributed by atoms with van der Waals surface area (Å²) in [5, 5.41) is 20.0. The Morgan fingerprint density at radius 3 is 2.79 bits per heavy atom. The van der Waals surface area contributed by atoms with Gasteiger partial charge in [-0.1, -0.05) is 23.7 Å². The number of ether oxygens (including phenoxy) is 3. The second-order valence-electron chi connectivity index (χ2n) is 9.44. The van der Waals surface area contributed by atoms with Crippen LogP contribution >= 0.6 is 11.6 Å².